The lowest BCUT2D eigenvalue weighted by Gasteiger charge is -2.61. The Labute approximate surface area is 442 Å². The molecule has 4 aliphatic rings. The molecule has 0 spiro atoms. The molecule has 0 heterocycles. The first-order valence-electron chi connectivity index (χ1n) is 26.8. The second kappa shape index (κ2) is 23.3. The van der Waals surface area contributed by atoms with Crippen molar-refractivity contribution < 1.29 is 49.4 Å². The van der Waals surface area contributed by atoms with Crippen molar-refractivity contribution in [3.05, 3.63) is 122 Å². The third kappa shape index (κ3) is 12.1. The van der Waals surface area contributed by atoms with Crippen molar-refractivity contribution >= 4 is 65.9 Å². The lowest BCUT2D eigenvalue weighted by atomic mass is 9.44. The van der Waals surface area contributed by atoms with Gasteiger partial charge < -0.3 is 39.8 Å². The van der Waals surface area contributed by atoms with Gasteiger partial charge in [-0.3, -0.25) is 0 Å². The van der Waals surface area contributed by atoms with Crippen molar-refractivity contribution in [2.24, 2.45) is 58.2 Å². The molecule has 6 N–H and O–H groups in total. The highest BCUT2D eigenvalue weighted by atomic mass is 35.5. The molecule has 9 unspecified atom stereocenters. The summed E-state index contributed by atoms with van der Waals surface area (Å²) in [5.74, 6) is 3.32. The first kappa shape index (κ1) is 55.0. The second-order valence-corrected chi connectivity index (χ2v) is 23.9. The number of hydrogen-bond acceptors (Lipinski definition) is 8. The van der Waals surface area contributed by atoms with Crippen LogP contribution in [0.3, 0.4) is 0 Å². The van der Waals surface area contributed by atoms with Crippen LogP contribution in [-0.4, -0.2) is 56.5 Å². The highest BCUT2D eigenvalue weighted by molar-refractivity contribution is 6.59. The summed E-state index contributed by atoms with van der Waals surface area (Å²) in [5, 5.41) is 60.0. The van der Waals surface area contributed by atoms with Crippen molar-refractivity contribution in [3.8, 4) is 11.5 Å². The Kier molecular flexibility index (Phi) is 17.5. The maximum Gasteiger partial charge on any atom is 0.488 e. The Bertz CT molecular complexity index is 2530. The number of carboxylic acid groups (broad SMARTS) is 2. The van der Waals surface area contributed by atoms with E-state index in [4.69, 9.17) is 32.7 Å². The van der Waals surface area contributed by atoms with Gasteiger partial charge in [0, 0.05) is 0 Å². The summed E-state index contributed by atoms with van der Waals surface area (Å²) in [6.45, 7) is 12.3. The minimum Gasteiger partial charge on any atom is -0.486 e. The molecule has 73 heavy (non-hydrogen) atoms. The van der Waals surface area contributed by atoms with Crippen molar-refractivity contribution in [1.29, 1.82) is 0 Å². The average molecular weight is 1040 g/mol. The highest BCUT2D eigenvalue weighted by Crippen LogP contribution is 2.69. The molecule has 0 aliphatic heterocycles. The van der Waals surface area contributed by atoms with Crippen LogP contribution in [0.5, 0.6) is 11.5 Å². The lowest BCUT2D eigenvalue weighted by Crippen LogP contribution is -2.53. The Morgan fingerprint density at radius 3 is 1.78 bits per heavy atom. The fourth-order valence-corrected chi connectivity index (χ4v) is 15.2. The fraction of sp³-hybridized carbons (Fsp3) is 0.525. The zero-order chi connectivity index (χ0) is 52.4. The van der Waals surface area contributed by atoms with Crippen molar-refractivity contribution in [1.82, 2.24) is 0 Å². The van der Waals surface area contributed by atoms with E-state index >= 15 is 0 Å². The van der Waals surface area contributed by atoms with Gasteiger partial charge in [-0.15, -0.1) is 0 Å². The average Bonchev–Trinajstić information content (AvgIpc) is 3.71. The summed E-state index contributed by atoms with van der Waals surface area (Å²) >= 11 is 13.9. The number of hydrogen-bond donors (Lipinski definition) is 6. The van der Waals surface area contributed by atoms with Crippen LogP contribution < -0.4 is 20.4 Å². The van der Waals surface area contributed by atoms with E-state index in [0.717, 1.165) is 48.3 Å². The monoisotopic (exact) mass is 1030 g/mol. The maximum atomic E-state index is 13.0. The number of halogens is 2. The molecule has 4 aliphatic carbocycles. The van der Waals surface area contributed by atoms with Gasteiger partial charge in [0.15, 0.2) is 11.5 Å². The zero-order valence-electron chi connectivity index (χ0n) is 43.2. The van der Waals surface area contributed by atoms with Gasteiger partial charge in [-0.1, -0.05) is 132 Å². The molecule has 8 rings (SSSR count). The highest BCUT2D eigenvalue weighted by Gasteiger charge is 2.60. The quantitative estimate of drug-likeness (QED) is 0.0468. The molecule has 4 aromatic carbocycles. The van der Waals surface area contributed by atoms with Gasteiger partial charge in [0.25, 0.3) is 0 Å². The van der Waals surface area contributed by atoms with Gasteiger partial charge in [-0.2, -0.15) is 0 Å². The zero-order valence-corrected chi connectivity index (χ0v) is 44.7. The van der Waals surface area contributed by atoms with Crippen LogP contribution in [0.2, 0.25) is 10.0 Å². The molecule has 9 atom stereocenters. The van der Waals surface area contributed by atoms with Crippen LogP contribution in [0.1, 0.15) is 167 Å². The summed E-state index contributed by atoms with van der Waals surface area (Å²) in [5.41, 5.74) is 3.44. The van der Waals surface area contributed by atoms with Crippen LogP contribution in [0.25, 0.3) is 5.57 Å². The lowest BCUT2D eigenvalue weighted by molar-refractivity contribution is -0.121. The van der Waals surface area contributed by atoms with E-state index in [0.29, 0.717) is 56.9 Å². The third-order valence-electron chi connectivity index (χ3n) is 18.3. The van der Waals surface area contributed by atoms with E-state index in [9.17, 15) is 39.9 Å². The first-order valence-corrected chi connectivity index (χ1v) is 27.5. The molecular formula is C59H74B2Cl2O10. The van der Waals surface area contributed by atoms with E-state index in [1.807, 2.05) is 6.08 Å². The number of rotatable bonds is 20. The van der Waals surface area contributed by atoms with Crippen LogP contribution >= 0.6 is 23.2 Å². The van der Waals surface area contributed by atoms with Gasteiger partial charge in [0.05, 0.1) is 10.0 Å². The van der Waals surface area contributed by atoms with Gasteiger partial charge in [0.1, 0.15) is 24.3 Å². The largest absolute Gasteiger partial charge is 0.488 e. The topological polar surface area (TPSA) is 174 Å². The van der Waals surface area contributed by atoms with Gasteiger partial charge in [-0.25, -0.2) is 9.59 Å². The van der Waals surface area contributed by atoms with E-state index in [1.165, 1.54) is 82.8 Å². The summed E-state index contributed by atoms with van der Waals surface area (Å²) in [6, 6.07) is 19.1. The van der Waals surface area contributed by atoms with Crippen molar-refractivity contribution in [2.75, 3.05) is 0 Å². The van der Waals surface area contributed by atoms with Crippen LogP contribution in [0.15, 0.2) is 78.9 Å². The molecule has 0 aromatic heterocycles. The minimum atomic E-state index is -1.69. The molecule has 4 fully saturated rings. The molecular weight excluding hydrogens is 961 g/mol. The van der Waals surface area contributed by atoms with Crippen LogP contribution in [-0.2, 0) is 13.2 Å². The van der Waals surface area contributed by atoms with Gasteiger partial charge in [-0.05, 0) is 192 Å². The molecule has 390 valence electrons. The van der Waals surface area contributed by atoms with E-state index in [1.54, 1.807) is 60.7 Å². The maximum absolute atomic E-state index is 13.0. The number of ether oxygens (including phenoxy) is 2. The molecule has 4 aromatic rings. The molecule has 0 saturated heterocycles. The number of carboxylic acids is 2. The summed E-state index contributed by atoms with van der Waals surface area (Å²) in [4.78, 5) is 26.0. The number of fused-ring (bicyclic) bond motifs is 5. The van der Waals surface area contributed by atoms with Gasteiger partial charge >= 0.3 is 26.2 Å². The third-order valence-corrected chi connectivity index (χ3v) is 18.9. The predicted octanol–water partition coefficient (Wildman–Crippen LogP) is 11.9. The van der Waals surface area contributed by atoms with Crippen molar-refractivity contribution in [2.45, 2.75) is 138 Å². The Balaban J connectivity index is 1.04. The van der Waals surface area contributed by atoms with Crippen LogP contribution in [0.4, 0.5) is 0 Å². The first-order chi connectivity index (χ1) is 34.8. The summed E-state index contributed by atoms with van der Waals surface area (Å²) in [7, 11) is -3.38. The minimum absolute atomic E-state index is 0.0216. The van der Waals surface area contributed by atoms with E-state index < -0.39 is 26.2 Å². The normalized spacial score (nSPS) is 25.8. The van der Waals surface area contributed by atoms with E-state index in [2.05, 4.69) is 34.6 Å². The number of allylic oxidation sites excluding steroid dienone is 1. The standard InChI is InChI=1S/C59H74B2Cl2O10/c1-35(2)10-6-11-36(3)49-20-21-50-46-19-18-42-26-37(22-24-58(42,4)51(46)23-25-59(49,50)5)12-9-17-45(40-29-47(56(64)65)54(52(62)31-40)72-33-38-13-7-15-43(27-38)60(68)69)41-30-48(57(66)67)55(53(63)32-41)73-34-39-14-8-16-44(28-39)61(70)71/h7-8,13-17,27-32,35-37,42,46,49-51,68-71H,6,9-12,18-26,33-34H2,1-5H3,(H,64,65)(H,66,67). The number of carbonyl (C=O) groups is 2. The van der Waals surface area contributed by atoms with Crippen LogP contribution in [0, 0.1) is 58.2 Å². The Morgan fingerprint density at radius 1 is 0.699 bits per heavy atom. The predicted molar refractivity (Wildman–Crippen MR) is 291 cm³/mol. The molecule has 4 saturated carbocycles. The number of aromatic carboxylic acids is 2. The number of benzene rings is 4. The Morgan fingerprint density at radius 2 is 1.25 bits per heavy atom. The fourth-order valence-electron chi connectivity index (χ4n) is 14.6. The Hall–Kier alpha value is -4.29. The van der Waals surface area contributed by atoms with E-state index in [-0.39, 0.29) is 56.8 Å². The second-order valence-electron chi connectivity index (χ2n) is 23.1. The SMILES string of the molecule is CC(C)CCCC(C)C1CCC2C3CCC4CC(CCC=C(c5cc(Cl)c(OCc6cccc(B(O)O)c6)c(C(=O)O)c5)c5cc(Cl)c(OCc6cccc(B(O)O)c6)c(C(=O)O)c5)CCC4(C)C3CCC12C. The smallest absolute Gasteiger partial charge is 0.486 e. The molecule has 14 heteroatoms. The van der Waals surface area contributed by atoms with Crippen molar-refractivity contribution in [3.63, 3.8) is 0 Å². The molecule has 0 bridgehead atoms. The molecule has 0 amide bonds. The summed E-state index contributed by atoms with van der Waals surface area (Å²) in [6.07, 6.45) is 19.3. The van der Waals surface area contributed by atoms with Gasteiger partial charge in [0.2, 0.25) is 0 Å². The molecule has 0 radical (unpaired) electrons. The molecule has 10 nitrogen and oxygen atoms in total. The summed E-state index contributed by atoms with van der Waals surface area (Å²) < 4.78 is 12.0.